The second-order valence-corrected chi connectivity index (χ2v) is 3.58. The first-order valence-corrected chi connectivity index (χ1v) is 4.89. The topological polar surface area (TPSA) is 75.6 Å². The molecule has 0 aliphatic carbocycles. The van der Waals surface area contributed by atoms with E-state index in [0.29, 0.717) is 12.2 Å². The highest BCUT2D eigenvalue weighted by Gasteiger charge is 2.26. The van der Waals surface area contributed by atoms with Crippen LogP contribution in [0.5, 0.6) is 5.75 Å². The molecule has 1 aromatic carbocycles. The maximum atomic E-state index is 10.7. The summed E-state index contributed by atoms with van der Waals surface area (Å²) in [6.45, 7) is -0.348. The maximum absolute atomic E-state index is 10.7. The number of rotatable bonds is 4. The van der Waals surface area contributed by atoms with Crippen molar-refractivity contribution in [1.29, 1.82) is 0 Å². The third-order valence-corrected chi connectivity index (χ3v) is 2.37. The van der Waals surface area contributed by atoms with Gasteiger partial charge in [0.25, 0.3) is 0 Å². The third-order valence-electron chi connectivity index (χ3n) is 2.37. The Labute approximate surface area is 92.0 Å². The first kappa shape index (κ1) is 10.5. The summed E-state index contributed by atoms with van der Waals surface area (Å²) in [7, 11) is 0. The molecule has 1 saturated heterocycles. The van der Waals surface area contributed by atoms with E-state index in [1.807, 2.05) is 12.1 Å². The van der Waals surface area contributed by atoms with Crippen LogP contribution in [0.1, 0.15) is 18.0 Å². The Balaban J connectivity index is 1.94. The lowest BCUT2D eigenvalue weighted by atomic mass is 9.97. The second kappa shape index (κ2) is 4.22. The van der Waals surface area contributed by atoms with E-state index in [1.165, 1.54) is 0 Å². The number of hydrogen-bond acceptors (Lipinski definition) is 3. The highest BCUT2D eigenvalue weighted by molar-refractivity contribution is 5.83. The molecule has 1 aliphatic rings. The Morgan fingerprint density at radius 3 is 2.56 bits per heavy atom. The van der Waals surface area contributed by atoms with Crippen molar-refractivity contribution in [3.8, 4) is 5.75 Å². The summed E-state index contributed by atoms with van der Waals surface area (Å²) in [6.07, 6.45) is 0.509. The number of carboxylic acids is 1. The molecule has 84 valence electrons. The molecule has 1 unspecified atom stereocenters. The van der Waals surface area contributed by atoms with Gasteiger partial charge in [-0.15, -0.1) is 0 Å². The first-order chi connectivity index (χ1) is 7.65. The van der Waals surface area contributed by atoms with Crippen LogP contribution in [0, 0.1) is 0 Å². The van der Waals surface area contributed by atoms with E-state index in [1.54, 1.807) is 12.1 Å². The summed E-state index contributed by atoms with van der Waals surface area (Å²) in [5, 5.41) is 11.2. The maximum Gasteiger partial charge on any atom is 0.341 e. The first-order valence-electron chi connectivity index (χ1n) is 4.89. The average molecular weight is 221 g/mol. The van der Waals surface area contributed by atoms with Gasteiger partial charge in [0.05, 0.1) is 12.5 Å². The van der Waals surface area contributed by atoms with Crippen LogP contribution in [-0.4, -0.2) is 23.6 Å². The van der Waals surface area contributed by atoms with Gasteiger partial charge in [0.15, 0.2) is 6.61 Å². The lowest BCUT2D eigenvalue weighted by Gasteiger charge is -2.27. The van der Waals surface area contributed by atoms with Crippen LogP contribution in [0.2, 0.25) is 0 Å². The van der Waals surface area contributed by atoms with Gasteiger partial charge in [0.1, 0.15) is 5.75 Å². The van der Waals surface area contributed by atoms with Crippen LogP contribution in [0.4, 0.5) is 0 Å². The van der Waals surface area contributed by atoms with Crippen molar-refractivity contribution in [1.82, 2.24) is 5.32 Å². The molecule has 0 bridgehead atoms. The van der Waals surface area contributed by atoms with Crippen molar-refractivity contribution in [3.05, 3.63) is 29.8 Å². The van der Waals surface area contributed by atoms with Crippen LogP contribution < -0.4 is 10.1 Å². The van der Waals surface area contributed by atoms with Gasteiger partial charge in [-0.3, -0.25) is 4.79 Å². The molecule has 5 nitrogen and oxygen atoms in total. The van der Waals surface area contributed by atoms with Crippen molar-refractivity contribution in [3.63, 3.8) is 0 Å². The molecular formula is C11H11NO4. The zero-order valence-corrected chi connectivity index (χ0v) is 8.47. The van der Waals surface area contributed by atoms with E-state index >= 15 is 0 Å². The molecule has 0 aromatic heterocycles. The number of β-lactam (4-membered cyclic amide) rings is 1. The fourth-order valence-electron chi connectivity index (χ4n) is 1.50. The molecule has 1 aromatic rings. The predicted octanol–water partition coefficient (Wildman–Crippen LogP) is 0.711. The Hall–Kier alpha value is -2.04. The lowest BCUT2D eigenvalue weighted by Crippen LogP contribution is -2.41. The largest absolute Gasteiger partial charge is 0.482 e. The molecule has 1 aliphatic heterocycles. The second-order valence-electron chi connectivity index (χ2n) is 3.58. The highest BCUT2D eigenvalue weighted by Crippen LogP contribution is 2.25. The molecule has 0 saturated carbocycles. The van der Waals surface area contributed by atoms with Crippen LogP contribution >= 0.6 is 0 Å². The number of carboxylic acid groups (broad SMARTS) is 1. The van der Waals surface area contributed by atoms with Crippen LogP contribution in [0.15, 0.2) is 24.3 Å². The number of nitrogens with one attached hydrogen (secondary N) is 1. The van der Waals surface area contributed by atoms with Gasteiger partial charge < -0.3 is 15.2 Å². The van der Waals surface area contributed by atoms with Crippen molar-refractivity contribution in [2.45, 2.75) is 12.5 Å². The number of hydrogen-bond donors (Lipinski definition) is 2. The van der Waals surface area contributed by atoms with Crippen molar-refractivity contribution >= 4 is 11.9 Å². The Morgan fingerprint density at radius 2 is 2.06 bits per heavy atom. The minimum Gasteiger partial charge on any atom is -0.482 e. The molecule has 16 heavy (non-hydrogen) atoms. The number of benzene rings is 1. The van der Waals surface area contributed by atoms with Gasteiger partial charge in [0, 0.05) is 0 Å². The summed E-state index contributed by atoms with van der Waals surface area (Å²) in [6, 6.07) is 7.12. The molecule has 0 spiro atoms. The Kier molecular flexibility index (Phi) is 2.76. The van der Waals surface area contributed by atoms with E-state index in [4.69, 9.17) is 9.84 Å². The SMILES string of the molecule is O=C(O)COc1ccc(C2CC(=O)N2)cc1. The molecule has 0 radical (unpaired) electrons. The quantitative estimate of drug-likeness (QED) is 0.734. The summed E-state index contributed by atoms with van der Waals surface area (Å²) in [5.74, 6) is -0.441. The van der Waals surface area contributed by atoms with Crippen LogP contribution in [0.3, 0.4) is 0 Å². The fraction of sp³-hybridized carbons (Fsp3) is 0.273. The van der Waals surface area contributed by atoms with Crippen LogP contribution in [-0.2, 0) is 9.59 Å². The summed E-state index contributed by atoms with van der Waals surface area (Å²) in [4.78, 5) is 21.0. The highest BCUT2D eigenvalue weighted by atomic mass is 16.5. The Bertz CT molecular complexity index is 404. The standard InChI is InChI=1S/C11H11NO4/c13-10-5-9(12-10)7-1-3-8(4-2-7)16-6-11(14)15/h1-4,9H,5-6H2,(H,12,13)(H,14,15). The van der Waals surface area contributed by atoms with E-state index in [0.717, 1.165) is 5.56 Å². The molecule has 1 amide bonds. The van der Waals surface area contributed by atoms with Gasteiger partial charge in [-0.1, -0.05) is 12.1 Å². The summed E-state index contributed by atoms with van der Waals surface area (Å²) >= 11 is 0. The number of carbonyl (C=O) groups excluding carboxylic acids is 1. The predicted molar refractivity (Wildman–Crippen MR) is 55.1 cm³/mol. The normalized spacial score (nSPS) is 18.5. The minimum atomic E-state index is -1.00. The molecule has 5 heteroatoms. The lowest BCUT2D eigenvalue weighted by molar-refractivity contribution is -0.139. The molecular weight excluding hydrogens is 210 g/mol. The molecule has 1 fully saturated rings. The number of amides is 1. The smallest absolute Gasteiger partial charge is 0.341 e. The zero-order valence-electron chi connectivity index (χ0n) is 8.47. The van der Waals surface area contributed by atoms with Gasteiger partial charge in [0.2, 0.25) is 5.91 Å². The zero-order chi connectivity index (χ0) is 11.5. The summed E-state index contributed by atoms with van der Waals surface area (Å²) in [5.41, 5.74) is 1.00. The average Bonchev–Trinajstić information content (AvgIpc) is 2.23. The van der Waals surface area contributed by atoms with E-state index in [9.17, 15) is 9.59 Å². The monoisotopic (exact) mass is 221 g/mol. The number of carbonyl (C=O) groups is 2. The van der Waals surface area contributed by atoms with Crippen LogP contribution in [0.25, 0.3) is 0 Å². The van der Waals surface area contributed by atoms with Gasteiger partial charge >= 0.3 is 5.97 Å². The van der Waals surface area contributed by atoms with Crippen molar-refractivity contribution in [2.75, 3.05) is 6.61 Å². The fourth-order valence-corrected chi connectivity index (χ4v) is 1.50. The molecule has 2 rings (SSSR count). The Morgan fingerprint density at radius 1 is 1.44 bits per heavy atom. The molecule has 1 atom stereocenters. The summed E-state index contributed by atoms with van der Waals surface area (Å²) < 4.78 is 4.99. The van der Waals surface area contributed by atoms with Crippen molar-refractivity contribution < 1.29 is 19.4 Å². The number of ether oxygens (including phenoxy) is 1. The molecule has 1 heterocycles. The van der Waals surface area contributed by atoms with Crippen molar-refractivity contribution in [2.24, 2.45) is 0 Å². The minimum absolute atomic E-state index is 0.0520. The molecule has 2 N–H and O–H groups in total. The van der Waals surface area contributed by atoms with Gasteiger partial charge in [-0.2, -0.15) is 0 Å². The van der Waals surface area contributed by atoms with E-state index in [-0.39, 0.29) is 18.6 Å². The van der Waals surface area contributed by atoms with E-state index < -0.39 is 5.97 Å². The van der Waals surface area contributed by atoms with E-state index in [2.05, 4.69) is 5.32 Å². The van der Waals surface area contributed by atoms with Gasteiger partial charge in [-0.25, -0.2) is 4.79 Å². The van der Waals surface area contributed by atoms with Gasteiger partial charge in [-0.05, 0) is 17.7 Å². The third kappa shape index (κ3) is 2.31. The number of aliphatic carboxylic acids is 1.